The summed E-state index contributed by atoms with van der Waals surface area (Å²) in [6.45, 7) is 8.99. The zero-order chi connectivity index (χ0) is 21.1. The van der Waals surface area contributed by atoms with Crippen molar-refractivity contribution in [1.29, 1.82) is 0 Å². The average molecular weight is 394 g/mol. The molecule has 28 heavy (non-hydrogen) atoms. The molecule has 6 nitrogen and oxygen atoms in total. The molecule has 0 spiro atoms. The van der Waals surface area contributed by atoms with Crippen molar-refractivity contribution >= 4 is 11.7 Å². The summed E-state index contributed by atoms with van der Waals surface area (Å²) in [6, 6.07) is 7.18. The molecule has 2 rings (SSSR count). The molecule has 0 saturated carbocycles. The van der Waals surface area contributed by atoms with Gasteiger partial charge in [0.05, 0.1) is 18.7 Å². The molecule has 0 aliphatic heterocycles. The van der Waals surface area contributed by atoms with E-state index in [4.69, 9.17) is 6.57 Å². The zero-order valence-electron chi connectivity index (χ0n) is 15.1. The van der Waals surface area contributed by atoms with Crippen molar-refractivity contribution in [1.82, 2.24) is 4.57 Å². The summed E-state index contributed by atoms with van der Waals surface area (Å²) in [5.41, 5.74) is -2.63. The summed E-state index contributed by atoms with van der Waals surface area (Å²) in [5.74, 6) is -0.653. The van der Waals surface area contributed by atoms with Crippen LogP contribution in [0.15, 0.2) is 35.1 Å². The van der Waals surface area contributed by atoms with Crippen LogP contribution in [0.5, 0.6) is 0 Å². The molecule has 0 fully saturated rings. The quantitative estimate of drug-likeness (QED) is 0.624. The summed E-state index contributed by atoms with van der Waals surface area (Å²) in [4.78, 5) is 26.3. The van der Waals surface area contributed by atoms with Gasteiger partial charge in [0.1, 0.15) is 12.7 Å². The van der Waals surface area contributed by atoms with Crippen molar-refractivity contribution in [3.63, 3.8) is 0 Å². The first-order valence-corrected chi connectivity index (χ1v) is 8.15. The van der Waals surface area contributed by atoms with E-state index in [1.165, 1.54) is 6.07 Å². The van der Waals surface area contributed by atoms with Crippen molar-refractivity contribution in [3.8, 4) is 11.3 Å². The van der Waals surface area contributed by atoms with Gasteiger partial charge in [-0.1, -0.05) is 23.8 Å². The SMILES string of the molecule is [C-]#[N+]c1c(C(F)(F)F)cc(-c2cccc(C)c2)n(CC(O)COC(C)=O)c1=O. The number of carbonyl (C=O) groups excluding carboxylic acids is 1. The molecule has 1 atom stereocenters. The molecule has 0 radical (unpaired) electrons. The third-order valence-electron chi connectivity index (χ3n) is 3.88. The zero-order valence-corrected chi connectivity index (χ0v) is 15.1. The third kappa shape index (κ3) is 4.78. The molecule has 1 aromatic carbocycles. The number of halogens is 3. The second kappa shape index (κ2) is 8.27. The highest BCUT2D eigenvalue weighted by atomic mass is 19.4. The van der Waals surface area contributed by atoms with Crippen LogP contribution in [0.2, 0.25) is 0 Å². The number of aliphatic hydroxyl groups excluding tert-OH is 1. The number of esters is 1. The number of pyridine rings is 1. The van der Waals surface area contributed by atoms with Crippen LogP contribution in [-0.4, -0.2) is 28.4 Å². The Kier molecular flexibility index (Phi) is 6.26. The minimum atomic E-state index is -4.90. The van der Waals surface area contributed by atoms with Crippen LogP contribution in [0.3, 0.4) is 0 Å². The van der Waals surface area contributed by atoms with Crippen molar-refractivity contribution in [2.45, 2.75) is 32.7 Å². The summed E-state index contributed by atoms with van der Waals surface area (Å²) >= 11 is 0. The van der Waals surface area contributed by atoms with Gasteiger partial charge in [-0.05, 0) is 24.6 Å². The van der Waals surface area contributed by atoms with Crippen LogP contribution in [0, 0.1) is 13.5 Å². The van der Waals surface area contributed by atoms with Crippen molar-refractivity contribution in [2.75, 3.05) is 6.61 Å². The molecule has 0 saturated heterocycles. The summed E-state index contributed by atoms with van der Waals surface area (Å²) in [6.07, 6.45) is -6.24. The lowest BCUT2D eigenvalue weighted by Crippen LogP contribution is -2.32. The first-order valence-electron chi connectivity index (χ1n) is 8.15. The normalized spacial score (nSPS) is 12.3. The molecule has 1 unspecified atom stereocenters. The lowest BCUT2D eigenvalue weighted by Gasteiger charge is -2.20. The summed E-state index contributed by atoms with van der Waals surface area (Å²) in [5, 5.41) is 10.1. The fourth-order valence-electron chi connectivity index (χ4n) is 2.66. The molecule has 0 amide bonds. The minimum Gasteiger partial charge on any atom is -0.463 e. The van der Waals surface area contributed by atoms with E-state index >= 15 is 0 Å². The highest BCUT2D eigenvalue weighted by Gasteiger charge is 2.36. The molecule has 148 valence electrons. The van der Waals surface area contributed by atoms with Crippen LogP contribution in [0.1, 0.15) is 18.1 Å². The lowest BCUT2D eigenvalue weighted by atomic mass is 10.0. The Hall–Kier alpha value is -3.12. The molecule has 0 aliphatic carbocycles. The number of benzene rings is 1. The monoisotopic (exact) mass is 394 g/mol. The van der Waals surface area contributed by atoms with Crippen molar-refractivity contribution in [2.24, 2.45) is 0 Å². The number of alkyl halides is 3. The van der Waals surface area contributed by atoms with Crippen LogP contribution < -0.4 is 5.56 Å². The molecule has 0 bridgehead atoms. The van der Waals surface area contributed by atoms with Gasteiger partial charge in [-0.2, -0.15) is 13.2 Å². The predicted octanol–water partition coefficient (Wildman–Crippen LogP) is 3.32. The Labute approximate surface area is 158 Å². The maximum absolute atomic E-state index is 13.4. The maximum Gasteiger partial charge on any atom is 0.407 e. The Morgan fingerprint density at radius 1 is 1.36 bits per heavy atom. The molecule has 0 aliphatic rings. The molecule has 1 N–H and O–H groups in total. The van der Waals surface area contributed by atoms with Gasteiger partial charge in [0.15, 0.2) is 0 Å². The Balaban J connectivity index is 2.69. The lowest BCUT2D eigenvalue weighted by molar-refractivity contribution is -0.144. The number of carbonyl (C=O) groups is 1. The van der Waals surface area contributed by atoms with Gasteiger partial charge in [-0.3, -0.25) is 9.59 Å². The van der Waals surface area contributed by atoms with Gasteiger partial charge in [0.25, 0.3) is 11.2 Å². The Bertz CT molecular complexity index is 990. The number of aryl methyl sites for hydroxylation is 1. The van der Waals surface area contributed by atoms with Gasteiger partial charge in [-0.25, -0.2) is 4.85 Å². The van der Waals surface area contributed by atoms with Crippen molar-refractivity contribution in [3.05, 3.63) is 63.2 Å². The fraction of sp³-hybridized carbons (Fsp3) is 0.316. The van der Waals surface area contributed by atoms with Crippen LogP contribution in [-0.2, 0) is 22.3 Å². The molecular weight excluding hydrogens is 377 g/mol. The first-order chi connectivity index (χ1) is 13.0. The summed E-state index contributed by atoms with van der Waals surface area (Å²) in [7, 11) is 0. The van der Waals surface area contributed by atoms with Crippen molar-refractivity contribution < 1.29 is 27.8 Å². The molecule has 9 heteroatoms. The van der Waals surface area contributed by atoms with Gasteiger partial charge >= 0.3 is 12.1 Å². The highest BCUT2D eigenvalue weighted by Crippen LogP contribution is 2.37. The number of hydrogen-bond acceptors (Lipinski definition) is 4. The minimum absolute atomic E-state index is 0.102. The summed E-state index contributed by atoms with van der Waals surface area (Å²) < 4.78 is 45.8. The van der Waals surface area contributed by atoms with E-state index in [9.17, 15) is 27.9 Å². The molecule has 1 heterocycles. The van der Waals surface area contributed by atoms with Crippen LogP contribution in [0.25, 0.3) is 16.1 Å². The second-order valence-corrected chi connectivity index (χ2v) is 6.14. The van der Waals surface area contributed by atoms with E-state index in [-0.39, 0.29) is 5.69 Å². The Morgan fingerprint density at radius 3 is 2.57 bits per heavy atom. The number of aliphatic hydroxyl groups is 1. The van der Waals surface area contributed by atoms with Gasteiger partial charge in [0, 0.05) is 12.6 Å². The van der Waals surface area contributed by atoms with E-state index < -0.39 is 48.2 Å². The topological polar surface area (TPSA) is 72.9 Å². The number of rotatable bonds is 5. The maximum atomic E-state index is 13.4. The first kappa shape index (κ1) is 21.2. The molecular formula is C19H17F3N2O4. The van der Waals surface area contributed by atoms with Gasteiger partial charge in [0.2, 0.25) is 0 Å². The molecule has 2 aromatic rings. The van der Waals surface area contributed by atoms with E-state index in [2.05, 4.69) is 9.58 Å². The number of ether oxygens (including phenoxy) is 1. The van der Waals surface area contributed by atoms with E-state index in [0.29, 0.717) is 5.56 Å². The smallest absolute Gasteiger partial charge is 0.407 e. The third-order valence-corrected chi connectivity index (χ3v) is 3.88. The molecule has 1 aromatic heterocycles. The second-order valence-electron chi connectivity index (χ2n) is 6.14. The standard InChI is InChI=1S/C19H17F3N2O4/c1-11-5-4-6-13(7-11)16-8-15(19(20,21)22)17(23-3)18(27)24(16)9-14(26)10-28-12(2)25/h4-8,14,26H,9-10H2,1-2H3. The van der Waals surface area contributed by atoms with E-state index in [0.717, 1.165) is 23.1 Å². The average Bonchev–Trinajstić information content (AvgIpc) is 2.60. The number of nitrogens with zero attached hydrogens (tertiary/aromatic N) is 2. The van der Waals surface area contributed by atoms with Gasteiger partial charge in [-0.15, -0.1) is 0 Å². The van der Waals surface area contributed by atoms with Gasteiger partial charge < -0.3 is 14.4 Å². The number of hydrogen-bond donors (Lipinski definition) is 1. The van der Waals surface area contributed by atoms with Crippen LogP contribution >= 0.6 is 0 Å². The highest BCUT2D eigenvalue weighted by molar-refractivity contribution is 5.67. The fourth-order valence-corrected chi connectivity index (χ4v) is 2.66. The van der Waals surface area contributed by atoms with E-state index in [1.807, 2.05) is 0 Å². The predicted molar refractivity (Wildman–Crippen MR) is 94.8 cm³/mol. The largest absolute Gasteiger partial charge is 0.463 e. The number of aromatic nitrogens is 1. The van der Waals surface area contributed by atoms with Crippen LogP contribution in [0.4, 0.5) is 18.9 Å². The Morgan fingerprint density at radius 2 is 2.04 bits per heavy atom. The van der Waals surface area contributed by atoms with E-state index in [1.54, 1.807) is 25.1 Å².